The summed E-state index contributed by atoms with van der Waals surface area (Å²) in [5.41, 5.74) is 0.357. The predicted octanol–water partition coefficient (Wildman–Crippen LogP) is 2.96. The maximum atomic E-state index is 12.6. The smallest absolute Gasteiger partial charge is 0.299 e. The summed E-state index contributed by atoms with van der Waals surface area (Å²) in [6.45, 7) is 5.43. The Bertz CT molecular complexity index is 638. The second kappa shape index (κ2) is 6.35. The van der Waals surface area contributed by atoms with Crippen LogP contribution in [0.25, 0.3) is 0 Å². The number of likely N-dealkylation sites (tertiary alicyclic amines) is 1. The first-order valence-electron chi connectivity index (χ1n) is 7.81. The fourth-order valence-corrected chi connectivity index (χ4v) is 2.95. The van der Waals surface area contributed by atoms with Gasteiger partial charge in [0, 0.05) is 44.1 Å². The lowest BCUT2D eigenvalue weighted by molar-refractivity contribution is -0.141. The molecule has 0 radical (unpaired) electrons. The van der Waals surface area contributed by atoms with Crippen molar-refractivity contribution in [2.75, 3.05) is 13.1 Å². The first-order valence-corrected chi connectivity index (χ1v) is 7.81. The van der Waals surface area contributed by atoms with Crippen molar-refractivity contribution in [1.82, 2.24) is 24.5 Å². The van der Waals surface area contributed by atoms with E-state index in [1.807, 2.05) is 24.0 Å². The van der Waals surface area contributed by atoms with Gasteiger partial charge in [0.2, 0.25) is 0 Å². The first-order chi connectivity index (χ1) is 11.0. The van der Waals surface area contributed by atoms with Gasteiger partial charge in [-0.25, -0.2) is 0 Å². The van der Waals surface area contributed by atoms with Gasteiger partial charge in [0.1, 0.15) is 0 Å². The fraction of sp³-hybridized carbons (Fsp3) is 0.600. The number of hydrogen-bond acceptors (Lipinski definition) is 3. The van der Waals surface area contributed by atoms with Gasteiger partial charge in [-0.3, -0.25) is 14.3 Å². The summed E-state index contributed by atoms with van der Waals surface area (Å²) in [5.74, 6) is 0. The number of alkyl halides is 3. The normalized spacial score (nSPS) is 17.7. The number of piperidine rings is 1. The minimum atomic E-state index is -4.37. The molecule has 0 atom stereocenters. The van der Waals surface area contributed by atoms with E-state index in [4.69, 9.17) is 0 Å². The van der Waals surface area contributed by atoms with Crippen LogP contribution >= 0.6 is 0 Å². The molecular weight excluding hydrogens is 307 g/mol. The molecule has 2 aromatic rings. The van der Waals surface area contributed by atoms with Crippen LogP contribution in [0.3, 0.4) is 0 Å². The summed E-state index contributed by atoms with van der Waals surface area (Å²) >= 11 is 0. The van der Waals surface area contributed by atoms with E-state index in [-0.39, 0.29) is 6.04 Å². The molecule has 0 bridgehead atoms. The van der Waals surface area contributed by atoms with Crippen LogP contribution in [0.1, 0.15) is 37.1 Å². The third kappa shape index (κ3) is 3.74. The average molecular weight is 327 g/mol. The topological polar surface area (TPSA) is 38.9 Å². The largest absolute Gasteiger partial charge is 0.435 e. The van der Waals surface area contributed by atoms with Crippen molar-refractivity contribution in [3.63, 3.8) is 0 Å². The molecule has 1 aliphatic heterocycles. The summed E-state index contributed by atoms with van der Waals surface area (Å²) in [7, 11) is 0. The lowest BCUT2D eigenvalue weighted by atomic mass is 10.1. The summed E-state index contributed by atoms with van der Waals surface area (Å²) < 4.78 is 41.2. The Hall–Kier alpha value is -1.83. The van der Waals surface area contributed by atoms with Crippen LogP contribution in [0.5, 0.6) is 0 Å². The van der Waals surface area contributed by atoms with Gasteiger partial charge in [-0.2, -0.15) is 23.4 Å². The molecule has 0 spiro atoms. The number of rotatable bonds is 4. The van der Waals surface area contributed by atoms with Crippen molar-refractivity contribution >= 4 is 0 Å². The van der Waals surface area contributed by atoms with E-state index in [1.54, 1.807) is 0 Å². The third-order valence-electron chi connectivity index (χ3n) is 4.25. The van der Waals surface area contributed by atoms with Crippen LogP contribution in [0.15, 0.2) is 24.7 Å². The van der Waals surface area contributed by atoms with E-state index in [1.165, 1.54) is 16.4 Å². The van der Waals surface area contributed by atoms with Crippen LogP contribution in [-0.2, 0) is 19.3 Å². The van der Waals surface area contributed by atoms with E-state index in [0.717, 1.165) is 45.1 Å². The van der Waals surface area contributed by atoms with E-state index in [0.29, 0.717) is 0 Å². The van der Waals surface area contributed by atoms with E-state index < -0.39 is 11.9 Å². The van der Waals surface area contributed by atoms with Gasteiger partial charge in [0.15, 0.2) is 5.69 Å². The molecule has 0 saturated carbocycles. The monoisotopic (exact) mass is 327 g/mol. The summed E-state index contributed by atoms with van der Waals surface area (Å²) in [4.78, 5) is 2.31. The number of aryl methyl sites for hydroxylation is 1. The van der Waals surface area contributed by atoms with Gasteiger partial charge in [-0.15, -0.1) is 0 Å². The van der Waals surface area contributed by atoms with Crippen LogP contribution < -0.4 is 0 Å². The molecule has 0 amide bonds. The van der Waals surface area contributed by atoms with Gasteiger partial charge >= 0.3 is 6.18 Å². The minimum Gasteiger partial charge on any atom is -0.299 e. The SMILES string of the molecule is CCn1cc(CN2CCC(n3ccc(C(F)(F)F)n3)CC2)cn1. The lowest BCUT2D eigenvalue weighted by Crippen LogP contribution is -2.34. The van der Waals surface area contributed by atoms with Gasteiger partial charge in [-0.1, -0.05) is 0 Å². The van der Waals surface area contributed by atoms with Gasteiger partial charge < -0.3 is 0 Å². The van der Waals surface area contributed by atoms with E-state index in [2.05, 4.69) is 15.1 Å². The molecule has 3 rings (SSSR count). The highest BCUT2D eigenvalue weighted by Gasteiger charge is 2.34. The molecule has 2 aromatic heterocycles. The van der Waals surface area contributed by atoms with E-state index >= 15 is 0 Å². The molecule has 0 N–H and O–H groups in total. The Morgan fingerprint density at radius 1 is 1.26 bits per heavy atom. The lowest BCUT2D eigenvalue weighted by Gasteiger charge is -2.31. The second-order valence-electron chi connectivity index (χ2n) is 5.89. The Morgan fingerprint density at radius 3 is 2.57 bits per heavy atom. The highest BCUT2D eigenvalue weighted by atomic mass is 19.4. The number of aromatic nitrogens is 4. The van der Waals surface area contributed by atoms with E-state index in [9.17, 15) is 13.2 Å². The molecule has 0 unspecified atom stereocenters. The summed E-state index contributed by atoms with van der Waals surface area (Å²) in [6, 6.07) is 1.09. The van der Waals surface area contributed by atoms with Crippen molar-refractivity contribution in [3.05, 3.63) is 35.9 Å². The molecule has 1 aliphatic rings. The van der Waals surface area contributed by atoms with Crippen molar-refractivity contribution in [2.45, 2.75) is 45.1 Å². The van der Waals surface area contributed by atoms with Gasteiger partial charge in [-0.05, 0) is 25.8 Å². The van der Waals surface area contributed by atoms with Crippen molar-refractivity contribution in [2.24, 2.45) is 0 Å². The number of hydrogen-bond donors (Lipinski definition) is 0. The molecular formula is C15H20F3N5. The molecule has 0 aromatic carbocycles. The van der Waals surface area contributed by atoms with Crippen LogP contribution in [-0.4, -0.2) is 37.6 Å². The Kier molecular flexibility index (Phi) is 4.43. The average Bonchev–Trinajstić information content (AvgIpc) is 3.16. The van der Waals surface area contributed by atoms with Gasteiger partial charge in [0.05, 0.1) is 12.2 Å². The summed E-state index contributed by atoms with van der Waals surface area (Å²) in [5, 5.41) is 7.95. The standard InChI is InChI=1S/C15H20F3N5/c1-2-22-11-12(9-19-22)10-21-6-3-13(4-7-21)23-8-5-14(20-23)15(16,17)18/h5,8-9,11,13H,2-4,6-7,10H2,1H3. The molecule has 23 heavy (non-hydrogen) atoms. The van der Waals surface area contributed by atoms with Crippen molar-refractivity contribution in [1.29, 1.82) is 0 Å². The van der Waals surface area contributed by atoms with Gasteiger partial charge in [0.25, 0.3) is 0 Å². The molecule has 126 valence electrons. The van der Waals surface area contributed by atoms with Crippen molar-refractivity contribution < 1.29 is 13.2 Å². The predicted molar refractivity (Wildman–Crippen MR) is 78.7 cm³/mol. The molecule has 5 nitrogen and oxygen atoms in total. The number of halogens is 3. The zero-order valence-corrected chi connectivity index (χ0v) is 13.0. The molecule has 8 heteroatoms. The third-order valence-corrected chi connectivity index (χ3v) is 4.25. The number of nitrogens with zero attached hydrogens (tertiary/aromatic N) is 5. The summed E-state index contributed by atoms with van der Waals surface area (Å²) in [6.07, 6.45) is 2.59. The molecule has 3 heterocycles. The minimum absolute atomic E-state index is 0.0423. The highest BCUT2D eigenvalue weighted by molar-refractivity contribution is 5.05. The molecule has 1 saturated heterocycles. The Labute approximate surface area is 132 Å². The molecule has 1 fully saturated rings. The highest BCUT2D eigenvalue weighted by Crippen LogP contribution is 2.29. The Balaban J connectivity index is 1.55. The van der Waals surface area contributed by atoms with Crippen LogP contribution in [0.4, 0.5) is 13.2 Å². The zero-order valence-electron chi connectivity index (χ0n) is 13.0. The zero-order chi connectivity index (χ0) is 16.4. The fourth-order valence-electron chi connectivity index (χ4n) is 2.95. The Morgan fingerprint density at radius 2 is 2.00 bits per heavy atom. The van der Waals surface area contributed by atoms with Crippen LogP contribution in [0, 0.1) is 0 Å². The van der Waals surface area contributed by atoms with Crippen molar-refractivity contribution in [3.8, 4) is 0 Å². The maximum absolute atomic E-state index is 12.6. The van der Waals surface area contributed by atoms with Crippen LogP contribution in [0.2, 0.25) is 0 Å². The quantitative estimate of drug-likeness (QED) is 0.867. The maximum Gasteiger partial charge on any atom is 0.435 e. The first kappa shape index (κ1) is 16.0. The second-order valence-corrected chi connectivity index (χ2v) is 5.89. The molecule has 0 aliphatic carbocycles.